The van der Waals surface area contributed by atoms with E-state index in [0.717, 1.165) is 12.1 Å². The fourth-order valence-electron chi connectivity index (χ4n) is 1.37. The average molecular weight is 231 g/mol. The molecule has 0 saturated heterocycles. The second-order valence-electron chi connectivity index (χ2n) is 3.36. The van der Waals surface area contributed by atoms with Gasteiger partial charge in [-0.25, -0.2) is 8.42 Å². The van der Waals surface area contributed by atoms with E-state index in [9.17, 15) is 8.42 Å². The van der Waals surface area contributed by atoms with Gasteiger partial charge < -0.3 is 5.73 Å². The Bertz CT molecular complexity index is 423. The molecule has 0 radical (unpaired) electrons. The highest BCUT2D eigenvalue weighted by Crippen LogP contribution is 2.11. The number of aromatic nitrogens is 2. The fourth-order valence-corrected chi connectivity index (χ4v) is 2.11. The smallest absolute Gasteiger partial charge is 0.151 e. The highest BCUT2D eigenvalue weighted by atomic mass is 32.2. The van der Waals surface area contributed by atoms with Crippen molar-refractivity contribution in [3.63, 3.8) is 0 Å². The van der Waals surface area contributed by atoms with E-state index in [1.807, 2.05) is 6.92 Å². The number of nitrogens with two attached hydrogens (primary N) is 1. The van der Waals surface area contributed by atoms with Crippen LogP contribution in [0, 0.1) is 0 Å². The summed E-state index contributed by atoms with van der Waals surface area (Å²) >= 11 is 0. The standard InChI is InChI=1S/C9H17N3O2S/c1-3-9-8(10)7-11-12(9)5-6-15(13,14)4-2/h7H,3-6,10H2,1-2H3. The van der Waals surface area contributed by atoms with Crippen LogP contribution in [0.3, 0.4) is 0 Å². The Morgan fingerprint density at radius 2 is 2.13 bits per heavy atom. The minimum absolute atomic E-state index is 0.123. The highest BCUT2D eigenvalue weighted by molar-refractivity contribution is 7.91. The molecule has 0 fully saturated rings. The monoisotopic (exact) mass is 231 g/mol. The molecule has 0 amide bonds. The van der Waals surface area contributed by atoms with Gasteiger partial charge in [0.1, 0.15) is 0 Å². The predicted molar refractivity (Wildman–Crippen MR) is 60.3 cm³/mol. The quantitative estimate of drug-likeness (QED) is 0.798. The average Bonchev–Trinajstić information content (AvgIpc) is 2.56. The van der Waals surface area contributed by atoms with E-state index in [0.29, 0.717) is 12.2 Å². The highest BCUT2D eigenvalue weighted by Gasteiger charge is 2.11. The van der Waals surface area contributed by atoms with Crippen LogP contribution in [0.2, 0.25) is 0 Å². The van der Waals surface area contributed by atoms with Crippen molar-refractivity contribution in [3.05, 3.63) is 11.9 Å². The molecule has 86 valence electrons. The summed E-state index contributed by atoms with van der Waals surface area (Å²) in [4.78, 5) is 0. The predicted octanol–water partition coefficient (Wildman–Crippen LogP) is 0.462. The van der Waals surface area contributed by atoms with Gasteiger partial charge in [-0.1, -0.05) is 13.8 Å². The lowest BCUT2D eigenvalue weighted by molar-refractivity contribution is 0.575. The molecule has 0 aliphatic carbocycles. The van der Waals surface area contributed by atoms with Crippen LogP contribution in [0.25, 0.3) is 0 Å². The zero-order chi connectivity index (χ0) is 11.5. The molecule has 6 heteroatoms. The minimum Gasteiger partial charge on any atom is -0.396 e. The zero-order valence-electron chi connectivity index (χ0n) is 9.10. The summed E-state index contributed by atoms with van der Waals surface area (Å²) in [6, 6.07) is 0. The van der Waals surface area contributed by atoms with Crippen molar-refractivity contribution in [2.75, 3.05) is 17.2 Å². The topological polar surface area (TPSA) is 78.0 Å². The molecule has 0 aromatic carbocycles. The molecule has 5 nitrogen and oxygen atoms in total. The maximum Gasteiger partial charge on any atom is 0.151 e. The second kappa shape index (κ2) is 4.65. The first kappa shape index (κ1) is 12.0. The van der Waals surface area contributed by atoms with Crippen LogP contribution in [0.15, 0.2) is 6.20 Å². The van der Waals surface area contributed by atoms with E-state index < -0.39 is 9.84 Å². The van der Waals surface area contributed by atoms with Crippen LogP contribution in [0.1, 0.15) is 19.5 Å². The third kappa shape index (κ3) is 2.95. The van der Waals surface area contributed by atoms with Crippen molar-refractivity contribution in [3.8, 4) is 0 Å². The van der Waals surface area contributed by atoms with Crippen molar-refractivity contribution in [2.24, 2.45) is 0 Å². The summed E-state index contributed by atoms with van der Waals surface area (Å²) in [5.74, 6) is 0.294. The Hall–Kier alpha value is -1.04. The normalized spacial score (nSPS) is 11.9. The van der Waals surface area contributed by atoms with E-state index in [1.54, 1.807) is 17.8 Å². The third-order valence-corrected chi connectivity index (χ3v) is 4.05. The fraction of sp³-hybridized carbons (Fsp3) is 0.667. The van der Waals surface area contributed by atoms with Crippen LogP contribution in [-0.4, -0.2) is 29.7 Å². The summed E-state index contributed by atoms with van der Waals surface area (Å²) in [6.07, 6.45) is 2.33. The number of anilines is 1. The van der Waals surface area contributed by atoms with Gasteiger partial charge in [-0.05, 0) is 6.42 Å². The SMILES string of the molecule is CCc1c(N)cnn1CCS(=O)(=O)CC. The maximum atomic E-state index is 11.3. The molecular formula is C9H17N3O2S. The number of aryl methyl sites for hydroxylation is 1. The Kier molecular flexibility index (Phi) is 3.73. The van der Waals surface area contributed by atoms with Crippen molar-refractivity contribution in [1.82, 2.24) is 9.78 Å². The Balaban J connectivity index is 2.74. The van der Waals surface area contributed by atoms with Crippen LogP contribution in [0.4, 0.5) is 5.69 Å². The first-order valence-electron chi connectivity index (χ1n) is 5.00. The number of hydrogen-bond donors (Lipinski definition) is 1. The molecule has 0 atom stereocenters. The molecule has 1 aromatic rings. The van der Waals surface area contributed by atoms with Gasteiger partial charge in [-0.15, -0.1) is 0 Å². The van der Waals surface area contributed by atoms with Gasteiger partial charge in [0.25, 0.3) is 0 Å². The second-order valence-corrected chi connectivity index (χ2v) is 5.83. The van der Waals surface area contributed by atoms with Crippen LogP contribution in [0.5, 0.6) is 0 Å². The van der Waals surface area contributed by atoms with E-state index in [4.69, 9.17) is 5.73 Å². The van der Waals surface area contributed by atoms with Crippen molar-refractivity contribution in [1.29, 1.82) is 0 Å². The van der Waals surface area contributed by atoms with Crippen molar-refractivity contribution >= 4 is 15.5 Å². The molecule has 15 heavy (non-hydrogen) atoms. The van der Waals surface area contributed by atoms with Gasteiger partial charge in [0.2, 0.25) is 0 Å². The molecule has 0 unspecified atom stereocenters. The van der Waals surface area contributed by atoms with E-state index in [1.165, 1.54) is 0 Å². The summed E-state index contributed by atoms with van der Waals surface area (Å²) in [5.41, 5.74) is 7.23. The van der Waals surface area contributed by atoms with Crippen LogP contribution >= 0.6 is 0 Å². The van der Waals surface area contributed by atoms with Gasteiger partial charge in [-0.2, -0.15) is 5.10 Å². The van der Waals surface area contributed by atoms with Crippen molar-refractivity contribution < 1.29 is 8.42 Å². The first-order valence-corrected chi connectivity index (χ1v) is 6.83. The van der Waals surface area contributed by atoms with E-state index in [-0.39, 0.29) is 11.5 Å². The summed E-state index contributed by atoms with van der Waals surface area (Å²) in [5, 5.41) is 4.05. The molecule has 2 N–H and O–H groups in total. The van der Waals surface area contributed by atoms with Gasteiger partial charge in [0, 0.05) is 5.75 Å². The van der Waals surface area contributed by atoms with Gasteiger partial charge in [-0.3, -0.25) is 4.68 Å². The number of nitrogen functional groups attached to an aromatic ring is 1. The zero-order valence-corrected chi connectivity index (χ0v) is 9.92. The minimum atomic E-state index is -2.94. The van der Waals surface area contributed by atoms with Gasteiger partial charge in [0.15, 0.2) is 9.84 Å². The maximum absolute atomic E-state index is 11.3. The van der Waals surface area contributed by atoms with E-state index >= 15 is 0 Å². The Labute approximate surface area is 90.2 Å². The van der Waals surface area contributed by atoms with Crippen LogP contribution in [-0.2, 0) is 22.8 Å². The molecule has 1 aromatic heterocycles. The number of sulfone groups is 1. The lowest BCUT2D eigenvalue weighted by Gasteiger charge is -2.06. The molecule has 0 saturated carbocycles. The Morgan fingerprint density at radius 3 is 2.67 bits per heavy atom. The van der Waals surface area contributed by atoms with Crippen molar-refractivity contribution in [2.45, 2.75) is 26.8 Å². The third-order valence-electron chi connectivity index (χ3n) is 2.37. The Morgan fingerprint density at radius 1 is 1.47 bits per heavy atom. The van der Waals surface area contributed by atoms with E-state index in [2.05, 4.69) is 5.10 Å². The summed E-state index contributed by atoms with van der Waals surface area (Å²) < 4.78 is 24.3. The van der Waals surface area contributed by atoms with Gasteiger partial charge >= 0.3 is 0 Å². The number of hydrogen-bond acceptors (Lipinski definition) is 4. The molecule has 0 aliphatic heterocycles. The molecule has 1 heterocycles. The molecular weight excluding hydrogens is 214 g/mol. The lowest BCUT2D eigenvalue weighted by atomic mass is 10.3. The summed E-state index contributed by atoms with van der Waals surface area (Å²) in [7, 11) is -2.94. The number of rotatable bonds is 5. The largest absolute Gasteiger partial charge is 0.396 e. The molecule has 0 spiro atoms. The summed E-state index contributed by atoms with van der Waals surface area (Å²) in [6.45, 7) is 4.00. The number of nitrogens with zero attached hydrogens (tertiary/aromatic N) is 2. The van der Waals surface area contributed by atoms with Crippen LogP contribution < -0.4 is 5.73 Å². The van der Waals surface area contributed by atoms with Gasteiger partial charge in [0.05, 0.1) is 29.9 Å². The molecule has 1 rings (SSSR count). The lowest BCUT2D eigenvalue weighted by Crippen LogP contribution is -2.16. The first-order chi connectivity index (χ1) is 7.00. The molecule has 0 bridgehead atoms. The molecule has 0 aliphatic rings.